The van der Waals surface area contributed by atoms with Crippen LogP contribution < -0.4 is 0 Å². The molecule has 0 saturated carbocycles. The molecule has 0 aliphatic rings. The molecule has 0 heterocycles. The van der Waals surface area contributed by atoms with Crippen molar-refractivity contribution in [2.75, 3.05) is 0 Å². The Morgan fingerprint density at radius 3 is 0.912 bits per heavy atom. The number of phenolic OH excluding ortho intramolecular Hbond substituents is 2. The van der Waals surface area contributed by atoms with Gasteiger partial charge in [-0.05, 0) is 70.2 Å². The van der Waals surface area contributed by atoms with Gasteiger partial charge in [-0.25, -0.2) is 0 Å². The van der Waals surface area contributed by atoms with Crippen molar-refractivity contribution in [3.63, 3.8) is 0 Å². The maximum absolute atomic E-state index is 10.6. The van der Waals surface area contributed by atoms with E-state index in [2.05, 4.69) is 104 Å². The van der Waals surface area contributed by atoms with E-state index in [0.29, 0.717) is 11.5 Å². The zero-order valence-corrected chi connectivity index (χ0v) is 22.3. The van der Waals surface area contributed by atoms with Crippen LogP contribution in [0.4, 0.5) is 0 Å². The van der Waals surface area contributed by atoms with Crippen molar-refractivity contribution in [2.24, 2.45) is 0 Å². The first-order valence-electron chi connectivity index (χ1n) is 12.8. The summed E-state index contributed by atoms with van der Waals surface area (Å²) < 4.78 is 0. The molecule has 0 atom stereocenters. The number of benzene rings is 3. The molecule has 2 N–H and O–H groups in total. The summed E-state index contributed by atoms with van der Waals surface area (Å²) in [6, 6.07) is 17.7. The van der Waals surface area contributed by atoms with Crippen LogP contribution in [0, 0.1) is 0 Å². The van der Waals surface area contributed by atoms with E-state index in [1.54, 1.807) is 0 Å². The number of phenols is 2. The lowest BCUT2D eigenvalue weighted by Gasteiger charge is -2.31. The van der Waals surface area contributed by atoms with Crippen LogP contribution in [0.3, 0.4) is 0 Å². The molecule has 0 aromatic heterocycles. The third kappa shape index (κ3) is 4.60. The highest BCUT2D eigenvalue weighted by Crippen LogP contribution is 2.39. The molecule has 0 bridgehead atoms. The summed E-state index contributed by atoms with van der Waals surface area (Å²) >= 11 is 0. The third-order valence-electron chi connectivity index (χ3n) is 7.83. The smallest absolute Gasteiger partial charge is 0.121 e. The highest BCUT2D eigenvalue weighted by Gasteiger charge is 2.28. The summed E-state index contributed by atoms with van der Waals surface area (Å²) in [5.41, 5.74) is 8.73. The Kier molecular flexibility index (Phi) is 7.50. The van der Waals surface area contributed by atoms with Crippen LogP contribution in [0.1, 0.15) is 99.9 Å². The quantitative estimate of drug-likeness (QED) is 0.359. The fourth-order valence-electron chi connectivity index (χ4n) is 4.96. The van der Waals surface area contributed by atoms with E-state index in [9.17, 15) is 10.2 Å². The summed E-state index contributed by atoms with van der Waals surface area (Å²) in [6.07, 6.45) is 3.29. The Labute approximate surface area is 206 Å². The first-order chi connectivity index (χ1) is 16.0. The van der Waals surface area contributed by atoms with Crippen molar-refractivity contribution in [1.29, 1.82) is 0 Å². The summed E-state index contributed by atoms with van der Waals surface area (Å²) in [6.45, 7) is 17.4. The van der Waals surface area contributed by atoms with Crippen LogP contribution in [0.15, 0.2) is 48.5 Å². The van der Waals surface area contributed by atoms with Crippen molar-refractivity contribution in [2.45, 2.75) is 91.9 Å². The molecule has 2 heteroatoms. The Hall–Kier alpha value is -2.74. The topological polar surface area (TPSA) is 40.5 Å². The first kappa shape index (κ1) is 25.9. The van der Waals surface area contributed by atoms with E-state index in [1.807, 2.05) is 0 Å². The van der Waals surface area contributed by atoms with E-state index >= 15 is 0 Å². The summed E-state index contributed by atoms with van der Waals surface area (Å²) in [5, 5.41) is 21.1. The normalized spacial score (nSPS) is 12.2. The Bertz CT molecular complexity index is 1010. The molecular formula is C32H42O2. The van der Waals surface area contributed by atoms with Gasteiger partial charge in [0.25, 0.3) is 0 Å². The monoisotopic (exact) mass is 458 g/mol. The molecule has 0 aliphatic heterocycles. The van der Waals surface area contributed by atoms with Gasteiger partial charge in [0.2, 0.25) is 0 Å². The molecule has 182 valence electrons. The minimum Gasteiger partial charge on any atom is -0.507 e. The minimum atomic E-state index is -0.173. The summed E-state index contributed by atoms with van der Waals surface area (Å²) in [4.78, 5) is 0. The fraction of sp³-hybridized carbons (Fsp3) is 0.438. The van der Waals surface area contributed by atoms with Gasteiger partial charge in [0.05, 0.1) is 0 Å². The van der Waals surface area contributed by atoms with Crippen molar-refractivity contribution in [3.05, 3.63) is 93.0 Å². The van der Waals surface area contributed by atoms with Gasteiger partial charge in [0.15, 0.2) is 0 Å². The summed E-state index contributed by atoms with van der Waals surface area (Å²) in [5.74, 6) is 0.905. The molecule has 3 rings (SSSR count). The zero-order valence-electron chi connectivity index (χ0n) is 22.3. The molecule has 0 aliphatic carbocycles. The third-order valence-corrected chi connectivity index (χ3v) is 7.83. The standard InChI is InChI=1S/C32H42O2/c1-9-21-17-27(18-22(10-2)29(21)33)31(5,6)25-13-15-26(16-14-25)32(7,8)28-19-23(11-3)30(34)24(12-4)20-28/h13-20,33-34H,9-12H2,1-8H3. The molecule has 0 unspecified atom stereocenters. The van der Waals surface area contributed by atoms with Gasteiger partial charge < -0.3 is 10.2 Å². The lowest BCUT2D eigenvalue weighted by atomic mass is 9.73. The SMILES string of the molecule is CCc1cc(C(C)(C)c2ccc(C(C)(C)c3cc(CC)c(O)c(CC)c3)cc2)cc(CC)c1O. The summed E-state index contributed by atoms with van der Waals surface area (Å²) in [7, 11) is 0. The predicted molar refractivity (Wildman–Crippen MR) is 144 cm³/mol. The lowest BCUT2D eigenvalue weighted by molar-refractivity contribution is 0.460. The van der Waals surface area contributed by atoms with Gasteiger partial charge in [-0.15, -0.1) is 0 Å². The number of hydrogen-bond donors (Lipinski definition) is 2. The molecule has 0 amide bonds. The second kappa shape index (κ2) is 9.86. The molecule has 0 radical (unpaired) electrons. The van der Waals surface area contributed by atoms with E-state index in [1.165, 1.54) is 22.3 Å². The molecule has 0 spiro atoms. The largest absolute Gasteiger partial charge is 0.507 e. The second-order valence-electron chi connectivity index (χ2n) is 10.5. The number of rotatable bonds is 8. The highest BCUT2D eigenvalue weighted by molar-refractivity contribution is 5.51. The van der Waals surface area contributed by atoms with Gasteiger partial charge in [-0.2, -0.15) is 0 Å². The Morgan fingerprint density at radius 2 is 0.706 bits per heavy atom. The van der Waals surface area contributed by atoms with Crippen molar-refractivity contribution in [3.8, 4) is 11.5 Å². The highest BCUT2D eigenvalue weighted by atomic mass is 16.3. The van der Waals surface area contributed by atoms with E-state index in [4.69, 9.17) is 0 Å². The number of hydrogen-bond acceptors (Lipinski definition) is 2. The van der Waals surface area contributed by atoms with Crippen molar-refractivity contribution in [1.82, 2.24) is 0 Å². The van der Waals surface area contributed by atoms with Gasteiger partial charge >= 0.3 is 0 Å². The van der Waals surface area contributed by atoms with Crippen molar-refractivity contribution < 1.29 is 10.2 Å². The van der Waals surface area contributed by atoms with Crippen LogP contribution in [-0.4, -0.2) is 10.2 Å². The average Bonchev–Trinajstić information content (AvgIpc) is 2.84. The van der Waals surface area contributed by atoms with Crippen LogP contribution >= 0.6 is 0 Å². The molecular weight excluding hydrogens is 416 g/mol. The molecule has 0 saturated heterocycles. The number of aryl methyl sites for hydroxylation is 4. The van der Waals surface area contributed by atoms with Crippen LogP contribution in [0.25, 0.3) is 0 Å². The van der Waals surface area contributed by atoms with Crippen LogP contribution in [-0.2, 0) is 36.5 Å². The fourth-order valence-corrected chi connectivity index (χ4v) is 4.96. The molecule has 2 nitrogen and oxygen atoms in total. The van der Waals surface area contributed by atoms with Crippen LogP contribution in [0.2, 0.25) is 0 Å². The number of aromatic hydroxyl groups is 2. The second-order valence-corrected chi connectivity index (χ2v) is 10.5. The van der Waals surface area contributed by atoms with Crippen LogP contribution in [0.5, 0.6) is 11.5 Å². The Morgan fingerprint density at radius 1 is 0.471 bits per heavy atom. The first-order valence-corrected chi connectivity index (χ1v) is 12.8. The molecule has 3 aromatic carbocycles. The molecule has 0 fully saturated rings. The average molecular weight is 459 g/mol. The van der Waals surface area contributed by atoms with Crippen molar-refractivity contribution >= 4 is 0 Å². The predicted octanol–water partition coefficient (Wildman–Crippen LogP) is 8.00. The maximum Gasteiger partial charge on any atom is 0.121 e. The zero-order chi connectivity index (χ0) is 25.3. The van der Waals surface area contributed by atoms with E-state index in [0.717, 1.165) is 47.9 Å². The maximum atomic E-state index is 10.6. The van der Waals surface area contributed by atoms with E-state index in [-0.39, 0.29) is 10.8 Å². The van der Waals surface area contributed by atoms with Gasteiger partial charge in [0, 0.05) is 10.8 Å². The van der Waals surface area contributed by atoms with Gasteiger partial charge in [0.1, 0.15) is 11.5 Å². The molecule has 34 heavy (non-hydrogen) atoms. The minimum absolute atomic E-state index is 0.173. The van der Waals surface area contributed by atoms with Gasteiger partial charge in [-0.3, -0.25) is 0 Å². The van der Waals surface area contributed by atoms with Gasteiger partial charge in [-0.1, -0.05) is 104 Å². The van der Waals surface area contributed by atoms with E-state index < -0.39 is 0 Å². The molecule has 3 aromatic rings. The Balaban J connectivity index is 2.02. The lowest BCUT2D eigenvalue weighted by Crippen LogP contribution is -2.22.